The Morgan fingerprint density at radius 1 is 1.00 bits per heavy atom. The van der Waals surface area contributed by atoms with Gasteiger partial charge >= 0.3 is 0 Å². The summed E-state index contributed by atoms with van der Waals surface area (Å²) in [5.74, 6) is 0.134. The lowest BCUT2D eigenvalue weighted by atomic mass is 9.93. The van der Waals surface area contributed by atoms with Gasteiger partial charge in [0.2, 0.25) is 5.91 Å². The molecular formula is C18H30N2O. The lowest BCUT2D eigenvalue weighted by Gasteiger charge is -2.32. The molecule has 0 N–H and O–H groups in total. The van der Waals surface area contributed by atoms with Gasteiger partial charge in [-0.25, -0.2) is 0 Å². The number of carbonyl (C=O) groups excluding carboxylic acids is 1. The molecule has 3 nitrogen and oxygen atoms in total. The normalized spacial score (nSPS) is 13.0. The highest BCUT2D eigenvalue weighted by Gasteiger charge is 2.24. The fourth-order valence-corrected chi connectivity index (χ4v) is 2.82. The van der Waals surface area contributed by atoms with E-state index in [0.29, 0.717) is 12.1 Å². The van der Waals surface area contributed by atoms with Gasteiger partial charge in [0.25, 0.3) is 0 Å². The number of likely N-dealkylation sites (N-methyl/N-ethyl adjacent to an activating group) is 1. The smallest absolute Gasteiger partial charge is 0.229 e. The van der Waals surface area contributed by atoms with Gasteiger partial charge in [-0.05, 0) is 46.2 Å². The zero-order valence-corrected chi connectivity index (χ0v) is 14.3. The third kappa shape index (κ3) is 5.16. The SMILES string of the molecule is CC(C)N(CCC(C(=O)N(C)C)c1ccccc1)C(C)C. The van der Waals surface area contributed by atoms with Crippen LogP contribution in [0, 0.1) is 0 Å². The molecule has 1 atom stereocenters. The van der Waals surface area contributed by atoms with Gasteiger partial charge in [0, 0.05) is 26.2 Å². The highest BCUT2D eigenvalue weighted by molar-refractivity contribution is 5.83. The van der Waals surface area contributed by atoms with Crippen molar-refractivity contribution in [3.8, 4) is 0 Å². The maximum atomic E-state index is 12.5. The molecule has 0 fully saturated rings. The van der Waals surface area contributed by atoms with Crippen LogP contribution >= 0.6 is 0 Å². The summed E-state index contributed by atoms with van der Waals surface area (Å²) in [7, 11) is 3.67. The van der Waals surface area contributed by atoms with E-state index in [1.165, 1.54) is 0 Å². The van der Waals surface area contributed by atoms with Crippen LogP contribution in [0.1, 0.15) is 45.6 Å². The van der Waals surface area contributed by atoms with E-state index in [1.54, 1.807) is 4.90 Å². The van der Waals surface area contributed by atoms with Crippen molar-refractivity contribution in [3.05, 3.63) is 35.9 Å². The minimum Gasteiger partial charge on any atom is -0.348 e. The zero-order chi connectivity index (χ0) is 16.0. The summed E-state index contributed by atoms with van der Waals surface area (Å²) in [6.45, 7) is 9.79. The fraction of sp³-hybridized carbons (Fsp3) is 0.611. The van der Waals surface area contributed by atoms with Crippen LogP contribution in [0.15, 0.2) is 30.3 Å². The van der Waals surface area contributed by atoms with Crippen molar-refractivity contribution in [2.75, 3.05) is 20.6 Å². The van der Waals surface area contributed by atoms with Crippen LogP contribution in [0.5, 0.6) is 0 Å². The third-order valence-corrected chi connectivity index (χ3v) is 3.94. The molecule has 1 aromatic carbocycles. The molecule has 3 heteroatoms. The first-order valence-corrected chi connectivity index (χ1v) is 7.86. The van der Waals surface area contributed by atoms with Gasteiger partial charge in [-0.15, -0.1) is 0 Å². The number of nitrogens with zero attached hydrogens (tertiary/aromatic N) is 2. The summed E-state index contributed by atoms with van der Waals surface area (Å²) in [5, 5.41) is 0. The van der Waals surface area contributed by atoms with Gasteiger partial charge < -0.3 is 4.90 Å². The van der Waals surface area contributed by atoms with Gasteiger partial charge in [-0.2, -0.15) is 0 Å². The molecule has 0 spiro atoms. The molecule has 0 aliphatic rings. The Balaban J connectivity index is 2.86. The molecule has 0 radical (unpaired) electrons. The second-order valence-corrected chi connectivity index (χ2v) is 6.41. The summed E-state index contributed by atoms with van der Waals surface area (Å²) in [6, 6.07) is 11.1. The molecule has 0 bridgehead atoms. The van der Waals surface area contributed by atoms with Gasteiger partial charge in [0.05, 0.1) is 5.92 Å². The highest BCUT2D eigenvalue weighted by Crippen LogP contribution is 2.23. The van der Waals surface area contributed by atoms with E-state index in [2.05, 4.69) is 44.7 Å². The highest BCUT2D eigenvalue weighted by atomic mass is 16.2. The van der Waals surface area contributed by atoms with E-state index in [4.69, 9.17) is 0 Å². The first-order valence-electron chi connectivity index (χ1n) is 7.86. The third-order valence-electron chi connectivity index (χ3n) is 3.94. The molecular weight excluding hydrogens is 260 g/mol. The Kier molecular flexibility index (Phi) is 6.90. The fourth-order valence-electron chi connectivity index (χ4n) is 2.82. The molecule has 0 aromatic heterocycles. The van der Waals surface area contributed by atoms with Gasteiger partial charge in [0.1, 0.15) is 0 Å². The van der Waals surface area contributed by atoms with Crippen LogP contribution in [0.2, 0.25) is 0 Å². The average Bonchev–Trinajstić information content (AvgIpc) is 2.43. The first-order chi connectivity index (χ1) is 9.84. The minimum atomic E-state index is -0.0544. The van der Waals surface area contributed by atoms with Crippen LogP contribution in [0.4, 0.5) is 0 Å². The summed E-state index contributed by atoms with van der Waals surface area (Å²) in [4.78, 5) is 16.6. The zero-order valence-electron chi connectivity index (χ0n) is 14.3. The molecule has 0 aliphatic heterocycles. The first kappa shape index (κ1) is 17.7. The van der Waals surface area contributed by atoms with Gasteiger partial charge in [0.15, 0.2) is 0 Å². The van der Waals surface area contributed by atoms with E-state index in [-0.39, 0.29) is 11.8 Å². The Hall–Kier alpha value is -1.35. The van der Waals surface area contributed by atoms with Crippen molar-refractivity contribution in [3.63, 3.8) is 0 Å². The number of benzene rings is 1. The molecule has 0 heterocycles. The number of carbonyl (C=O) groups is 1. The lowest BCUT2D eigenvalue weighted by molar-refractivity contribution is -0.130. The molecule has 1 amide bonds. The lowest BCUT2D eigenvalue weighted by Crippen LogP contribution is -2.39. The number of amides is 1. The summed E-state index contributed by atoms with van der Waals surface area (Å²) in [5.41, 5.74) is 1.11. The summed E-state index contributed by atoms with van der Waals surface area (Å²) < 4.78 is 0. The summed E-state index contributed by atoms with van der Waals surface area (Å²) in [6.07, 6.45) is 0.859. The average molecular weight is 290 g/mol. The second kappa shape index (κ2) is 8.18. The van der Waals surface area contributed by atoms with Crippen molar-refractivity contribution in [2.45, 2.75) is 52.1 Å². The maximum Gasteiger partial charge on any atom is 0.229 e. The van der Waals surface area contributed by atoms with E-state index in [0.717, 1.165) is 18.5 Å². The monoisotopic (exact) mass is 290 g/mol. The quantitative estimate of drug-likeness (QED) is 0.768. The molecule has 1 rings (SSSR count). The predicted octanol–water partition coefficient (Wildman–Crippen LogP) is 3.37. The number of hydrogen-bond acceptors (Lipinski definition) is 2. The maximum absolute atomic E-state index is 12.5. The molecule has 0 saturated carbocycles. The molecule has 1 unspecified atom stereocenters. The molecule has 21 heavy (non-hydrogen) atoms. The molecule has 118 valence electrons. The number of hydrogen-bond donors (Lipinski definition) is 0. The van der Waals surface area contributed by atoms with E-state index >= 15 is 0 Å². The molecule has 0 saturated heterocycles. The summed E-state index contributed by atoms with van der Waals surface area (Å²) >= 11 is 0. The molecule has 0 aliphatic carbocycles. The second-order valence-electron chi connectivity index (χ2n) is 6.41. The Morgan fingerprint density at radius 2 is 1.52 bits per heavy atom. The Labute approximate surface area is 129 Å². The van der Waals surface area contributed by atoms with E-state index in [9.17, 15) is 4.79 Å². The minimum absolute atomic E-state index is 0.0544. The van der Waals surface area contributed by atoms with Crippen LogP contribution in [0.25, 0.3) is 0 Å². The standard InChI is InChI=1S/C18H30N2O/c1-14(2)20(15(3)4)13-12-17(18(21)19(5)6)16-10-8-7-9-11-16/h7-11,14-15,17H,12-13H2,1-6H3. The van der Waals surface area contributed by atoms with Gasteiger partial charge in [-0.1, -0.05) is 30.3 Å². The predicted molar refractivity (Wildman–Crippen MR) is 89.5 cm³/mol. The topological polar surface area (TPSA) is 23.6 Å². The number of rotatable bonds is 7. The van der Waals surface area contributed by atoms with E-state index in [1.807, 2.05) is 32.3 Å². The van der Waals surface area contributed by atoms with Crippen LogP contribution in [0.3, 0.4) is 0 Å². The molecule has 1 aromatic rings. The van der Waals surface area contributed by atoms with Crippen LogP contribution in [-0.4, -0.2) is 48.4 Å². The Bertz CT molecular complexity index is 418. The van der Waals surface area contributed by atoms with Crippen LogP contribution < -0.4 is 0 Å². The van der Waals surface area contributed by atoms with Crippen molar-refractivity contribution < 1.29 is 4.79 Å². The van der Waals surface area contributed by atoms with Crippen molar-refractivity contribution in [2.24, 2.45) is 0 Å². The van der Waals surface area contributed by atoms with Crippen molar-refractivity contribution >= 4 is 5.91 Å². The van der Waals surface area contributed by atoms with E-state index < -0.39 is 0 Å². The van der Waals surface area contributed by atoms with Crippen molar-refractivity contribution in [1.29, 1.82) is 0 Å². The van der Waals surface area contributed by atoms with Crippen LogP contribution in [-0.2, 0) is 4.79 Å². The van der Waals surface area contributed by atoms with Crippen molar-refractivity contribution in [1.82, 2.24) is 9.80 Å². The Morgan fingerprint density at radius 3 is 1.95 bits per heavy atom. The van der Waals surface area contributed by atoms with Gasteiger partial charge in [-0.3, -0.25) is 9.69 Å². The largest absolute Gasteiger partial charge is 0.348 e.